The van der Waals surface area contributed by atoms with Gasteiger partial charge in [0.2, 0.25) is 5.91 Å². The van der Waals surface area contributed by atoms with E-state index in [0.29, 0.717) is 19.0 Å². The molecule has 0 saturated heterocycles. The summed E-state index contributed by atoms with van der Waals surface area (Å²) in [7, 11) is 3.65. The van der Waals surface area contributed by atoms with Gasteiger partial charge >= 0.3 is 0 Å². The fourth-order valence-electron chi connectivity index (χ4n) is 3.07. The molecule has 5 nitrogen and oxygen atoms in total. The van der Waals surface area contributed by atoms with Crippen molar-refractivity contribution in [1.82, 2.24) is 15.1 Å². The van der Waals surface area contributed by atoms with Crippen LogP contribution < -0.4 is 5.32 Å². The molecule has 7 heteroatoms. The van der Waals surface area contributed by atoms with Gasteiger partial charge in [0.1, 0.15) is 0 Å². The summed E-state index contributed by atoms with van der Waals surface area (Å²) in [4.78, 5) is 22.1. The lowest BCUT2D eigenvalue weighted by Crippen LogP contribution is -2.46. The summed E-state index contributed by atoms with van der Waals surface area (Å²) in [6.07, 6.45) is 0.944. The number of hydrogen-bond donors (Lipinski definition) is 1. The summed E-state index contributed by atoms with van der Waals surface area (Å²) in [6, 6.07) is 9.85. The maximum absolute atomic E-state index is 12.6. The number of thiophene rings is 1. The fraction of sp³-hybridized carbons (Fsp3) is 0.368. The number of nitrogens with one attached hydrogen (secondary N) is 1. The van der Waals surface area contributed by atoms with Crippen molar-refractivity contribution in [2.45, 2.75) is 19.5 Å². The molecule has 1 aromatic carbocycles. The topological polar surface area (TPSA) is 47.9 Å². The molecule has 26 heavy (non-hydrogen) atoms. The SMILES string of the molecule is CN=C(NCC(=O)N1CCc2sccc2C1)N(C)Cc1ccccc1Cl. The Morgan fingerprint density at radius 3 is 2.96 bits per heavy atom. The average Bonchev–Trinajstić information content (AvgIpc) is 3.11. The van der Waals surface area contributed by atoms with Crippen molar-refractivity contribution in [1.29, 1.82) is 0 Å². The van der Waals surface area contributed by atoms with Crippen molar-refractivity contribution in [2.24, 2.45) is 4.99 Å². The van der Waals surface area contributed by atoms with Gasteiger partial charge < -0.3 is 15.1 Å². The summed E-state index contributed by atoms with van der Waals surface area (Å²) in [5.41, 5.74) is 2.29. The second-order valence-electron chi connectivity index (χ2n) is 6.28. The third-order valence-corrected chi connectivity index (χ3v) is 5.89. The molecule has 0 radical (unpaired) electrons. The summed E-state index contributed by atoms with van der Waals surface area (Å²) in [5, 5.41) is 6.00. The van der Waals surface area contributed by atoms with Crippen molar-refractivity contribution in [3.63, 3.8) is 0 Å². The largest absolute Gasteiger partial charge is 0.347 e. The number of carbonyl (C=O) groups excluding carboxylic acids is 1. The van der Waals surface area contributed by atoms with Crippen LogP contribution in [0.4, 0.5) is 0 Å². The zero-order valence-electron chi connectivity index (χ0n) is 15.0. The van der Waals surface area contributed by atoms with Crippen molar-refractivity contribution in [3.8, 4) is 0 Å². The van der Waals surface area contributed by atoms with Gasteiger partial charge in [0, 0.05) is 43.6 Å². The van der Waals surface area contributed by atoms with Crippen LogP contribution in [0, 0.1) is 0 Å². The van der Waals surface area contributed by atoms with Gasteiger partial charge in [-0.15, -0.1) is 11.3 Å². The van der Waals surface area contributed by atoms with E-state index in [4.69, 9.17) is 11.6 Å². The summed E-state index contributed by atoms with van der Waals surface area (Å²) in [5.74, 6) is 0.764. The first kappa shape index (κ1) is 18.7. The third-order valence-electron chi connectivity index (χ3n) is 4.50. The van der Waals surface area contributed by atoms with E-state index in [0.717, 1.165) is 23.6 Å². The van der Waals surface area contributed by atoms with Gasteiger partial charge in [-0.1, -0.05) is 29.8 Å². The van der Waals surface area contributed by atoms with E-state index in [1.807, 2.05) is 41.1 Å². The second-order valence-corrected chi connectivity index (χ2v) is 7.69. The molecule has 1 N–H and O–H groups in total. The Morgan fingerprint density at radius 2 is 2.19 bits per heavy atom. The highest BCUT2D eigenvalue weighted by Gasteiger charge is 2.21. The number of nitrogens with zero attached hydrogens (tertiary/aromatic N) is 3. The molecule has 0 spiro atoms. The normalized spacial score (nSPS) is 14.1. The Labute approximate surface area is 163 Å². The molecule has 0 atom stereocenters. The number of hydrogen-bond acceptors (Lipinski definition) is 3. The number of amides is 1. The molecule has 0 fully saturated rings. The molecular weight excluding hydrogens is 368 g/mol. The van der Waals surface area contributed by atoms with Crippen molar-refractivity contribution in [2.75, 3.05) is 27.2 Å². The predicted octanol–water partition coefficient (Wildman–Crippen LogP) is 2.99. The fourth-order valence-corrected chi connectivity index (χ4v) is 4.15. The van der Waals surface area contributed by atoms with Crippen LogP contribution in [0.15, 0.2) is 40.7 Å². The Bertz CT molecular complexity index is 804. The van der Waals surface area contributed by atoms with Gasteiger partial charge in [0.05, 0.1) is 6.54 Å². The Hall–Kier alpha value is -2.05. The van der Waals surface area contributed by atoms with Gasteiger partial charge in [-0.05, 0) is 35.1 Å². The molecule has 0 aliphatic carbocycles. The number of carbonyl (C=O) groups is 1. The highest BCUT2D eigenvalue weighted by molar-refractivity contribution is 7.10. The number of rotatable bonds is 4. The number of benzene rings is 1. The first-order valence-electron chi connectivity index (χ1n) is 8.56. The Morgan fingerprint density at radius 1 is 1.38 bits per heavy atom. The van der Waals surface area contributed by atoms with E-state index in [9.17, 15) is 4.79 Å². The van der Waals surface area contributed by atoms with Crippen molar-refractivity contribution in [3.05, 3.63) is 56.7 Å². The number of guanidine groups is 1. The minimum Gasteiger partial charge on any atom is -0.347 e. The van der Waals surface area contributed by atoms with E-state index >= 15 is 0 Å². The lowest BCUT2D eigenvalue weighted by atomic mass is 10.1. The molecule has 1 aliphatic heterocycles. The van der Waals surface area contributed by atoms with Crippen LogP contribution in [0.25, 0.3) is 0 Å². The van der Waals surface area contributed by atoms with E-state index in [1.54, 1.807) is 18.4 Å². The summed E-state index contributed by atoms with van der Waals surface area (Å²) < 4.78 is 0. The molecule has 1 aliphatic rings. The molecule has 0 bridgehead atoms. The lowest BCUT2D eigenvalue weighted by molar-refractivity contribution is -0.130. The third kappa shape index (κ3) is 4.37. The second kappa shape index (κ2) is 8.56. The predicted molar refractivity (Wildman–Crippen MR) is 108 cm³/mol. The van der Waals surface area contributed by atoms with E-state index in [-0.39, 0.29) is 12.5 Å². The van der Waals surface area contributed by atoms with Gasteiger partial charge in [0.15, 0.2) is 5.96 Å². The molecular formula is C19H23ClN4OS. The quantitative estimate of drug-likeness (QED) is 0.645. The van der Waals surface area contributed by atoms with E-state index < -0.39 is 0 Å². The maximum atomic E-state index is 12.6. The minimum atomic E-state index is 0.0918. The molecule has 0 saturated carbocycles. The lowest BCUT2D eigenvalue weighted by Gasteiger charge is -2.28. The summed E-state index contributed by atoms with van der Waals surface area (Å²) >= 11 is 8.01. The molecule has 1 aromatic heterocycles. The van der Waals surface area contributed by atoms with Crippen molar-refractivity contribution < 1.29 is 4.79 Å². The van der Waals surface area contributed by atoms with Gasteiger partial charge in [-0.25, -0.2) is 0 Å². The van der Waals surface area contributed by atoms with Crippen LogP contribution in [0.2, 0.25) is 5.02 Å². The molecule has 1 amide bonds. The zero-order chi connectivity index (χ0) is 18.5. The smallest absolute Gasteiger partial charge is 0.242 e. The number of fused-ring (bicyclic) bond motifs is 1. The monoisotopic (exact) mass is 390 g/mol. The minimum absolute atomic E-state index is 0.0918. The Kier molecular flexibility index (Phi) is 6.16. The zero-order valence-corrected chi connectivity index (χ0v) is 16.6. The Balaban J connectivity index is 1.54. The first-order valence-corrected chi connectivity index (χ1v) is 9.82. The van der Waals surface area contributed by atoms with Crippen LogP contribution in [0.3, 0.4) is 0 Å². The van der Waals surface area contributed by atoms with E-state index in [2.05, 4.69) is 21.8 Å². The van der Waals surface area contributed by atoms with Gasteiger partial charge in [0.25, 0.3) is 0 Å². The van der Waals surface area contributed by atoms with Crippen LogP contribution >= 0.6 is 22.9 Å². The van der Waals surface area contributed by atoms with Gasteiger partial charge in [-0.3, -0.25) is 9.79 Å². The molecule has 2 aromatic rings. The number of halogens is 1. The molecule has 138 valence electrons. The first-order chi connectivity index (χ1) is 12.6. The molecule has 0 unspecified atom stereocenters. The van der Waals surface area contributed by atoms with Crippen LogP contribution in [-0.4, -0.2) is 48.9 Å². The van der Waals surface area contributed by atoms with Crippen molar-refractivity contribution >= 4 is 34.8 Å². The van der Waals surface area contributed by atoms with Crippen LogP contribution in [0.1, 0.15) is 16.0 Å². The average molecular weight is 391 g/mol. The van der Waals surface area contributed by atoms with Crippen LogP contribution in [-0.2, 0) is 24.3 Å². The molecule has 3 rings (SSSR count). The number of aliphatic imine (C=N–C) groups is 1. The highest BCUT2D eigenvalue weighted by Crippen LogP contribution is 2.23. The van der Waals surface area contributed by atoms with Gasteiger partial charge in [-0.2, -0.15) is 0 Å². The standard InChI is InChI=1S/C19H23ClN4OS/c1-21-19(23(2)12-14-5-3-4-6-16(14)20)22-11-18(25)24-9-7-17-15(13-24)8-10-26-17/h3-6,8,10H,7,9,11-13H2,1-2H3,(H,21,22). The van der Waals surface area contributed by atoms with Crippen LogP contribution in [0.5, 0.6) is 0 Å². The maximum Gasteiger partial charge on any atom is 0.242 e. The summed E-state index contributed by atoms with van der Waals surface area (Å²) in [6.45, 7) is 2.34. The molecule has 2 heterocycles. The van der Waals surface area contributed by atoms with E-state index in [1.165, 1.54) is 10.4 Å². The highest BCUT2D eigenvalue weighted by atomic mass is 35.5.